The second kappa shape index (κ2) is 36.0. The third-order valence-electron chi connectivity index (χ3n) is 22.4. The average molecular weight is 1630 g/mol. The number of nitrogens with two attached hydrogens (primary N) is 1. The number of aryl methyl sites for hydroxylation is 1. The van der Waals surface area contributed by atoms with Gasteiger partial charge in [-0.2, -0.15) is 44.1 Å². The van der Waals surface area contributed by atoms with Gasteiger partial charge in [0.1, 0.15) is 18.1 Å². The Kier molecular flexibility index (Phi) is 27.5. The number of aromatic nitrogens is 10. The molecule has 634 valence electrons. The number of hydrogen-bond acceptors (Lipinski definition) is 16. The van der Waals surface area contributed by atoms with E-state index in [1.54, 1.807) is 34.7 Å². The van der Waals surface area contributed by atoms with Gasteiger partial charge in [-0.1, -0.05) is 102 Å². The fraction of sp³-hybridized carbons (Fsp3) is 0.553. The number of aliphatic hydroxyl groups is 2. The Morgan fingerprint density at radius 2 is 0.974 bits per heavy atom. The summed E-state index contributed by atoms with van der Waals surface area (Å²) in [6.07, 6.45) is 12.5. The van der Waals surface area contributed by atoms with E-state index in [0.29, 0.717) is 76.9 Å². The van der Waals surface area contributed by atoms with Gasteiger partial charge in [-0.05, 0) is 192 Å². The third kappa shape index (κ3) is 20.9. The first-order chi connectivity index (χ1) is 54.8. The van der Waals surface area contributed by atoms with E-state index >= 15 is 0 Å². The molecule has 26 nitrogen and oxygen atoms in total. The van der Waals surface area contributed by atoms with E-state index in [0.717, 1.165) is 172 Å². The minimum atomic E-state index is -0.975. The number of carbonyl (C=O) groups excluding carboxylic acids is 6. The molecule has 6 amide bonds. The van der Waals surface area contributed by atoms with E-state index < -0.39 is 99.3 Å². The largest absolute Gasteiger partial charge is 0.394 e. The summed E-state index contributed by atoms with van der Waals surface area (Å²) in [5.74, 6) is -5.42. The molecule has 3 aromatic carbocycles. The first kappa shape index (κ1) is 89.3. The number of hydrogen-bond donors (Lipinski definition) is 8. The molecular formula is C85H113F6N17O9. The summed E-state index contributed by atoms with van der Waals surface area (Å²) in [5, 5.41) is 55.5. The van der Waals surface area contributed by atoms with Gasteiger partial charge >= 0.3 is 24.1 Å². The first-order valence-electron chi connectivity index (χ1n) is 40.1. The van der Waals surface area contributed by atoms with Crippen LogP contribution in [0.1, 0.15) is 229 Å². The molecule has 117 heavy (non-hydrogen) atoms. The van der Waals surface area contributed by atoms with E-state index in [-0.39, 0.29) is 41.4 Å². The second-order valence-electron chi connectivity index (χ2n) is 36.4. The summed E-state index contributed by atoms with van der Waals surface area (Å²) in [5.41, 5.74) is 14.5. The van der Waals surface area contributed by atoms with Crippen LogP contribution in [0, 0.1) is 68.9 Å². The Morgan fingerprint density at radius 3 is 1.39 bits per heavy atom. The number of likely N-dealkylation sites (N-methyl/N-ethyl adjacent to an activating group) is 2. The van der Waals surface area contributed by atoms with Crippen molar-refractivity contribution in [1.29, 1.82) is 0 Å². The van der Waals surface area contributed by atoms with Crippen LogP contribution < -0.4 is 32.3 Å². The van der Waals surface area contributed by atoms with Gasteiger partial charge in [-0.25, -0.2) is 45.5 Å². The van der Waals surface area contributed by atoms with Crippen molar-refractivity contribution >= 4 is 35.9 Å². The highest BCUT2D eigenvalue weighted by Gasteiger charge is 2.41. The molecule has 1 saturated carbocycles. The summed E-state index contributed by atoms with van der Waals surface area (Å²) in [7, 11) is 3.66. The van der Waals surface area contributed by atoms with Gasteiger partial charge in [-0.3, -0.25) is 9.59 Å². The molecule has 5 aromatic heterocycles. The number of amides is 6. The Morgan fingerprint density at radius 1 is 0.547 bits per heavy atom. The molecule has 5 aliphatic rings. The average Bonchev–Trinajstić information content (AvgIpc) is 1.62. The fourth-order valence-electron chi connectivity index (χ4n) is 15.6. The maximum Gasteiger partial charge on any atom is 0.343 e. The zero-order chi connectivity index (χ0) is 85.9. The van der Waals surface area contributed by atoms with Crippen molar-refractivity contribution in [2.75, 3.05) is 27.2 Å². The molecule has 1 fully saturated rings. The number of fused-ring (bicyclic) bond motifs is 4. The van der Waals surface area contributed by atoms with Crippen molar-refractivity contribution in [3.8, 4) is 33.8 Å². The van der Waals surface area contributed by atoms with Gasteiger partial charge < -0.3 is 52.0 Å². The predicted molar refractivity (Wildman–Crippen MR) is 428 cm³/mol. The lowest BCUT2D eigenvalue weighted by Crippen LogP contribution is -2.54. The van der Waals surface area contributed by atoms with Crippen molar-refractivity contribution in [2.24, 2.45) is 32.8 Å². The van der Waals surface area contributed by atoms with Crippen LogP contribution in [0.15, 0.2) is 59.1 Å². The lowest BCUT2D eigenvalue weighted by atomic mass is 9.75. The van der Waals surface area contributed by atoms with Gasteiger partial charge in [0.15, 0.2) is 40.7 Å². The fourth-order valence-corrected chi connectivity index (χ4v) is 15.6. The van der Waals surface area contributed by atoms with Crippen molar-refractivity contribution in [2.45, 2.75) is 249 Å². The molecule has 0 unspecified atom stereocenters. The minimum absolute atomic E-state index is 0.0220. The molecular weight excluding hydrogens is 1520 g/mol. The number of rotatable bonds is 12. The van der Waals surface area contributed by atoms with Crippen LogP contribution in [0.2, 0.25) is 0 Å². The highest BCUT2D eigenvalue weighted by Crippen LogP contribution is 2.42. The van der Waals surface area contributed by atoms with Crippen LogP contribution in [-0.2, 0) is 61.1 Å². The molecule has 0 radical (unpaired) electrons. The maximum absolute atomic E-state index is 13.9. The second-order valence-corrected chi connectivity index (χ2v) is 36.4. The first-order valence-corrected chi connectivity index (χ1v) is 40.1. The smallest absolute Gasteiger partial charge is 0.343 e. The number of carbonyl (C=O) groups is 6. The molecule has 1 aliphatic heterocycles. The number of benzene rings is 3. The van der Waals surface area contributed by atoms with E-state index in [2.05, 4.69) is 77.8 Å². The number of nitrogens with zero attached hydrogens (tertiary/aromatic N) is 11. The van der Waals surface area contributed by atoms with Crippen molar-refractivity contribution in [3.63, 3.8) is 0 Å². The van der Waals surface area contributed by atoms with Crippen LogP contribution in [0.5, 0.6) is 0 Å². The summed E-state index contributed by atoms with van der Waals surface area (Å²) in [6, 6.07) is 6.64. The lowest BCUT2D eigenvalue weighted by Gasteiger charge is -2.31. The van der Waals surface area contributed by atoms with Gasteiger partial charge in [0, 0.05) is 71.4 Å². The molecule has 13 rings (SSSR count). The Balaban J connectivity index is 0.000000165. The SMILES string of the molecule is CC(C)(C)[C@@H](CO)NC(=O)n1nc(-c2ccc(F)c(F)c2)c2c1CCCC2.CC1(C)CCc2c(c(-c3ccc(F)c(F)c3)nn2C(=O)N[C@H](C(N)=O)C(C)(C)C)C1.CNC(=O)[C@@H](NC(=O)n1nc(C2CCC(O)CC2)c2c1CCN(C)C2)C(C)(C)C.Cc1noc([C@@H](NC(=O)n2nc(-c3ccc(F)c(F)c3)c3c2CCCC3)C(C)(C)C)n1. The van der Waals surface area contributed by atoms with E-state index in [1.165, 1.54) is 36.9 Å². The molecule has 0 saturated heterocycles. The summed E-state index contributed by atoms with van der Waals surface area (Å²) >= 11 is 0. The number of nitrogens with one attached hydrogen (secondary N) is 5. The van der Waals surface area contributed by atoms with E-state index in [4.69, 9.17) is 15.4 Å². The summed E-state index contributed by atoms with van der Waals surface area (Å²) in [4.78, 5) is 83.1. The van der Waals surface area contributed by atoms with E-state index in [9.17, 15) is 65.3 Å². The predicted octanol–water partition coefficient (Wildman–Crippen LogP) is 13.8. The van der Waals surface area contributed by atoms with Crippen LogP contribution in [0.25, 0.3) is 33.8 Å². The summed E-state index contributed by atoms with van der Waals surface area (Å²) in [6.45, 7) is 30.3. The molecule has 4 aliphatic carbocycles. The van der Waals surface area contributed by atoms with Gasteiger partial charge in [0.2, 0.25) is 17.7 Å². The van der Waals surface area contributed by atoms with Gasteiger partial charge in [0.25, 0.3) is 0 Å². The van der Waals surface area contributed by atoms with E-state index in [1.807, 2.05) is 62.3 Å². The third-order valence-corrected chi connectivity index (χ3v) is 22.4. The van der Waals surface area contributed by atoms with Crippen molar-refractivity contribution in [1.82, 2.24) is 80.7 Å². The zero-order valence-electron chi connectivity index (χ0n) is 70.1. The molecule has 0 spiro atoms. The molecule has 4 atom stereocenters. The van der Waals surface area contributed by atoms with Crippen molar-refractivity contribution < 1.29 is 69.8 Å². The molecule has 9 N–H and O–H groups in total. The Labute approximate surface area is 678 Å². The molecule has 8 aromatic rings. The Hall–Kier alpha value is -10.1. The van der Waals surface area contributed by atoms with Crippen LogP contribution in [0.4, 0.5) is 45.5 Å². The number of primary amides is 1. The maximum atomic E-state index is 13.9. The van der Waals surface area contributed by atoms with Crippen LogP contribution >= 0.6 is 0 Å². The molecule has 0 bridgehead atoms. The molecule has 6 heterocycles. The standard InChI is InChI=1S/C22H25F2N5O2.C22H28F2N4O2.C21H35N5O3.C20H25F2N3O2/c1-12-25-20(31-28-12)19(22(2,3)4)26-21(30)29-17-8-6-5-7-14(17)18(27-29)13-9-10-15(23)16(24)11-13;1-21(2,3)18(19(25)29)26-20(30)28-16-8-9-22(4,5)11-13(16)17(27-28)12-6-7-14(23)15(24)10-12;1-21(2,3)18(19(28)22-4)23-20(29)26-16-10-11-25(5)12-15(16)17(24-26)13-6-8-14(27)9-7-13;1-20(2,3)17(11-26)23-19(27)25-16-7-5-4-6-13(16)18(24-25)12-8-9-14(21)15(22)10-12/h9-11,19H,5-8H2,1-4H3,(H,26,30);6-7,10,18H,8-9,11H2,1-5H3,(H2,25,29)(H,26,30);13-14,18,27H,6-12H2,1-5H3,(H,22,28)(H,23,29);8-10,17,26H,4-7,11H2,1-3H3,(H,23,27)/t19-;18-;13?,14?,18-;17-/m1111/s1. The quantitative estimate of drug-likeness (QED) is 0.0527. The van der Waals surface area contributed by atoms with Crippen LogP contribution in [-0.4, -0.2) is 152 Å². The van der Waals surface area contributed by atoms with Gasteiger partial charge in [-0.15, -0.1) is 0 Å². The van der Waals surface area contributed by atoms with Gasteiger partial charge in [0.05, 0.1) is 64.3 Å². The molecule has 32 heteroatoms. The number of halogens is 6. The highest BCUT2D eigenvalue weighted by atomic mass is 19.2. The number of aliphatic hydroxyl groups excluding tert-OH is 2. The monoisotopic (exact) mass is 1630 g/mol. The topological polar surface area (TPSA) is 342 Å². The minimum Gasteiger partial charge on any atom is -0.394 e. The Bertz CT molecular complexity index is 4970. The lowest BCUT2D eigenvalue weighted by molar-refractivity contribution is -0.125. The van der Waals surface area contributed by atoms with Crippen molar-refractivity contribution in [3.05, 3.63) is 152 Å². The normalized spacial score (nSPS) is 17.7. The summed E-state index contributed by atoms with van der Waals surface area (Å²) < 4.78 is 92.3. The zero-order valence-corrected chi connectivity index (χ0v) is 70.1. The highest BCUT2D eigenvalue weighted by molar-refractivity contribution is 5.89. The van der Waals surface area contributed by atoms with Crippen LogP contribution in [0.3, 0.4) is 0 Å².